The lowest BCUT2D eigenvalue weighted by molar-refractivity contribution is 0.252. The number of hydrogen-bond donors (Lipinski definition) is 3. The van der Waals surface area contributed by atoms with Crippen molar-refractivity contribution in [3.63, 3.8) is 0 Å². The number of oxazole rings is 1. The zero-order chi connectivity index (χ0) is 24.5. The van der Waals surface area contributed by atoms with Crippen LogP contribution in [0.5, 0.6) is 0 Å². The molecule has 3 aromatic heterocycles. The maximum atomic E-state index is 12.3. The third-order valence-electron chi connectivity index (χ3n) is 5.28. The van der Waals surface area contributed by atoms with Crippen molar-refractivity contribution in [3.05, 3.63) is 35.3 Å². The monoisotopic (exact) mass is 486 g/mol. The average molecular weight is 487 g/mol. The third-order valence-corrected chi connectivity index (χ3v) is 6.38. The molecule has 34 heavy (non-hydrogen) atoms. The Kier molecular flexibility index (Phi) is 9.34. The number of aryl methyl sites for hydroxylation is 3. The predicted molar refractivity (Wildman–Crippen MR) is 135 cm³/mol. The lowest BCUT2D eigenvalue weighted by atomic mass is 10.2. The van der Waals surface area contributed by atoms with Gasteiger partial charge in [0, 0.05) is 38.2 Å². The molecule has 184 valence electrons. The highest BCUT2D eigenvalue weighted by Crippen LogP contribution is 2.32. The van der Waals surface area contributed by atoms with Gasteiger partial charge in [-0.25, -0.2) is 24.7 Å². The molecular formula is C23H34N8O2S. The predicted octanol–water partition coefficient (Wildman–Crippen LogP) is 3.89. The van der Waals surface area contributed by atoms with Gasteiger partial charge in [0.05, 0.1) is 22.5 Å². The molecule has 0 atom stereocenters. The van der Waals surface area contributed by atoms with E-state index in [1.54, 1.807) is 6.20 Å². The van der Waals surface area contributed by atoms with Gasteiger partial charge in [0.15, 0.2) is 11.0 Å². The maximum absolute atomic E-state index is 12.3. The largest absolute Gasteiger partial charge is 0.446 e. The van der Waals surface area contributed by atoms with Crippen LogP contribution in [0.4, 0.5) is 15.9 Å². The molecule has 11 heteroatoms. The summed E-state index contributed by atoms with van der Waals surface area (Å²) in [6, 6.07) is 1.61. The molecule has 0 aliphatic carbocycles. The molecule has 0 saturated carbocycles. The summed E-state index contributed by atoms with van der Waals surface area (Å²) in [4.78, 5) is 33.4. The molecule has 0 radical (unpaired) electrons. The van der Waals surface area contributed by atoms with Crippen LogP contribution in [0.25, 0.3) is 10.6 Å². The summed E-state index contributed by atoms with van der Waals surface area (Å²) in [7, 11) is 0. The van der Waals surface area contributed by atoms with E-state index in [1.165, 1.54) is 11.3 Å². The summed E-state index contributed by atoms with van der Waals surface area (Å²) < 4.78 is 5.56. The minimum absolute atomic E-state index is 0.319. The first-order valence-corrected chi connectivity index (χ1v) is 12.5. The highest BCUT2D eigenvalue weighted by Gasteiger charge is 2.15. The number of urea groups is 1. The lowest BCUT2D eigenvalue weighted by Crippen LogP contribution is -2.30. The molecule has 2 amide bonds. The lowest BCUT2D eigenvalue weighted by Gasteiger charge is -2.18. The van der Waals surface area contributed by atoms with Gasteiger partial charge in [0.25, 0.3) is 0 Å². The van der Waals surface area contributed by atoms with Gasteiger partial charge in [0.2, 0.25) is 5.95 Å². The Morgan fingerprint density at radius 1 is 1.12 bits per heavy atom. The van der Waals surface area contributed by atoms with E-state index in [1.807, 2.05) is 26.8 Å². The van der Waals surface area contributed by atoms with Gasteiger partial charge in [-0.15, -0.1) is 0 Å². The standard InChI is InChI=1S/C23H34N8O2S/c1-6-17-14-26-19(33-17)9-10-25-22(32)30-23-28-16(5)20(34-23)18-13-15(4)27-21(29-18)24-11-12-31(7-2)8-3/h13-14H,6-12H2,1-5H3,(H,24,27,29)(H2,25,28,30,32). The van der Waals surface area contributed by atoms with E-state index in [0.717, 1.165) is 60.3 Å². The first-order chi connectivity index (χ1) is 16.4. The van der Waals surface area contributed by atoms with Crippen molar-refractivity contribution in [2.45, 2.75) is 47.5 Å². The molecule has 0 aliphatic heterocycles. The van der Waals surface area contributed by atoms with Crippen LogP contribution in [0.3, 0.4) is 0 Å². The molecule has 10 nitrogen and oxygen atoms in total. The van der Waals surface area contributed by atoms with Crippen LogP contribution >= 0.6 is 11.3 Å². The van der Waals surface area contributed by atoms with Crippen molar-refractivity contribution < 1.29 is 9.21 Å². The number of carbonyl (C=O) groups excluding carboxylic acids is 1. The summed E-state index contributed by atoms with van der Waals surface area (Å²) >= 11 is 1.39. The Bertz CT molecular complexity index is 1080. The molecule has 3 N–H and O–H groups in total. The van der Waals surface area contributed by atoms with E-state index < -0.39 is 0 Å². The minimum Gasteiger partial charge on any atom is -0.446 e. The van der Waals surface area contributed by atoms with Crippen LogP contribution < -0.4 is 16.0 Å². The number of nitrogens with zero attached hydrogens (tertiary/aromatic N) is 5. The number of amides is 2. The smallest absolute Gasteiger partial charge is 0.321 e. The molecule has 0 spiro atoms. The van der Waals surface area contributed by atoms with Gasteiger partial charge in [-0.3, -0.25) is 5.32 Å². The Hall–Kier alpha value is -3.05. The Balaban J connectivity index is 1.57. The van der Waals surface area contributed by atoms with Gasteiger partial charge in [0.1, 0.15) is 5.76 Å². The molecule has 3 aromatic rings. The highest BCUT2D eigenvalue weighted by atomic mass is 32.1. The number of hydrogen-bond acceptors (Lipinski definition) is 9. The Morgan fingerprint density at radius 2 is 1.91 bits per heavy atom. The van der Waals surface area contributed by atoms with Crippen molar-refractivity contribution in [3.8, 4) is 10.6 Å². The van der Waals surface area contributed by atoms with Crippen LogP contribution in [-0.4, -0.2) is 63.6 Å². The molecule has 0 unspecified atom stereocenters. The summed E-state index contributed by atoms with van der Waals surface area (Å²) in [5.74, 6) is 2.05. The SMILES string of the molecule is CCc1cnc(CCNC(=O)Nc2nc(C)c(-c3cc(C)nc(NCCN(CC)CC)n3)s2)o1. The van der Waals surface area contributed by atoms with Crippen molar-refractivity contribution in [2.75, 3.05) is 43.4 Å². The van der Waals surface area contributed by atoms with Gasteiger partial charge >= 0.3 is 6.03 Å². The van der Waals surface area contributed by atoms with Gasteiger partial charge in [-0.2, -0.15) is 0 Å². The van der Waals surface area contributed by atoms with E-state index in [2.05, 4.69) is 54.6 Å². The van der Waals surface area contributed by atoms with Crippen LogP contribution in [0.2, 0.25) is 0 Å². The zero-order valence-electron chi connectivity index (χ0n) is 20.6. The number of carbonyl (C=O) groups is 1. The number of likely N-dealkylation sites (N-methyl/N-ethyl adjacent to an activating group) is 1. The minimum atomic E-state index is -0.319. The van der Waals surface area contributed by atoms with E-state index in [9.17, 15) is 4.79 Å². The molecule has 0 aliphatic rings. The summed E-state index contributed by atoms with van der Waals surface area (Å²) in [5.41, 5.74) is 2.46. The third kappa shape index (κ3) is 7.22. The first kappa shape index (κ1) is 25.6. The first-order valence-electron chi connectivity index (χ1n) is 11.7. The van der Waals surface area contributed by atoms with E-state index in [4.69, 9.17) is 4.42 Å². The highest BCUT2D eigenvalue weighted by molar-refractivity contribution is 7.19. The summed E-state index contributed by atoms with van der Waals surface area (Å²) in [6.07, 6.45) is 3.04. The maximum Gasteiger partial charge on any atom is 0.321 e. The molecule has 0 bridgehead atoms. The number of nitrogens with one attached hydrogen (secondary N) is 3. The molecule has 3 heterocycles. The molecule has 0 fully saturated rings. The van der Waals surface area contributed by atoms with Crippen LogP contribution in [0, 0.1) is 13.8 Å². The Morgan fingerprint density at radius 3 is 2.62 bits per heavy atom. The van der Waals surface area contributed by atoms with Crippen LogP contribution in [0.1, 0.15) is 43.8 Å². The van der Waals surface area contributed by atoms with Gasteiger partial charge in [-0.1, -0.05) is 32.1 Å². The summed E-state index contributed by atoms with van der Waals surface area (Å²) in [5, 5.41) is 9.46. The van der Waals surface area contributed by atoms with Crippen molar-refractivity contribution in [2.24, 2.45) is 0 Å². The van der Waals surface area contributed by atoms with Crippen molar-refractivity contribution in [1.82, 2.24) is 30.2 Å². The van der Waals surface area contributed by atoms with E-state index in [-0.39, 0.29) is 6.03 Å². The normalized spacial score (nSPS) is 11.1. The quantitative estimate of drug-likeness (QED) is 0.353. The second-order valence-electron chi connectivity index (χ2n) is 7.81. The molecular weight excluding hydrogens is 452 g/mol. The van der Waals surface area contributed by atoms with Crippen molar-refractivity contribution in [1.29, 1.82) is 0 Å². The molecule has 3 rings (SSSR count). The fourth-order valence-corrected chi connectivity index (χ4v) is 4.29. The van der Waals surface area contributed by atoms with Crippen LogP contribution in [-0.2, 0) is 12.8 Å². The van der Waals surface area contributed by atoms with Crippen LogP contribution in [0.15, 0.2) is 16.7 Å². The fraction of sp³-hybridized carbons (Fsp3) is 0.522. The summed E-state index contributed by atoms with van der Waals surface area (Å²) in [6.45, 7) is 14.3. The zero-order valence-corrected chi connectivity index (χ0v) is 21.4. The van der Waals surface area contributed by atoms with E-state index >= 15 is 0 Å². The second kappa shape index (κ2) is 12.4. The number of rotatable bonds is 12. The number of aromatic nitrogens is 4. The molecule has 0 aromatic carbocycles. The van der Waals surface area contributed by atoms with Crippen molar-refractivity contribution >= 4 is 28.4 Å². The van der Waals surface area contributed by atoms with E-state index in [0.29, 0.717) is 29.9 Å². The Labute approximate surface area is 204 Å². The number of anilines is 2. The topological polar surface area (TPSA) is 121 Å². The average Bonchev–Trinajstić information content (AvgIpc) is 3.42. The molecule has 0 saturated heterocycles. The fourth-order valence-electron chi connectivity index (χ4n) is 3.37. The van der Waals surface area contributed by atoms with Gasteiger partial charge in [-0.05, 0) is 33.0 Å². The number of thiazole rings is 1. The second-order valence-corrected chi connectivity index (χ2v) is 8.81. The van der Waals surface area contributed by atoms with Gasteiger partial charge < -0.3 is 20.0 Å².